The Kier molecular flexibility index (Phi) is 6.60. The van der Waals surface area contributed by atoms with Gasteiger partial charge in [0.25, 0.3) is 5.91 Å². The minimum atomic E-state index is -0.644. The van der Waals surface area contributed by atoms with E-state index < -0.39 is 17.8 Å². The van der Waals surface area contributed by atoms with E-state index in [1.165, 1.54) is 0 Å². The quantitative estimate of drug-likeness (QED) is 0.518. The number of hydrogen-bond donors (Lipinski definition) is 2. The first kappa shape index (κ1) is 22.3. The molecule has 0 aromatic heterocycles. The first-order valence-electron chi connectivity index (χ1n) is 10.7. The Hall–Kier alpha value is -3.85. The maximum Gasteiger partial charge on any atom is 0.329 e. The lowest BCUT2D eigenvalue weighted by atomic mass is 10.1. The average molecular weight is 450 g/mol. The SMILES string of the molecule is COc1cc(N2CCOCC2)ccc1/C=C1\NC(=O)N(CC(=O)Nc2cccc(C)c2)C1=O. The number of urea groups is 1. The Balaban J connectivity index is 1.47. The first-order valence-corrected chi connectivity index (χ1v) is 10.7. The van der Waals surface area contributed by atoms with E-state index in [0.29, 0.717) is 30.2 Å². The van der Waals surface area contributed by atoms with Crippen LogP contribution in [0.5, 0.6) is 5.75 Å². The molecular formula is C24H26N4O5. The number of morpholine rings is 1. The third kappa shape index (κ3) is 5.15. The number of amides is 4. The summed E-state index contributed by atoms with van der Waals surface area (Å²) in [7, 11) is 1.55. The molecule has 0 atom stereocenters. The zero-order valence-corrected chi connectivity index (χ0v) is 18.6. The van der Waals surface area contributed by atoms with Crippen LogP contribution in [0.1, 0.15) is 11.1 Å². The van der Waals surface area contributed by atoms with Gasteiger partial charge in [-0.25, -0.2) is 9.69 Å². The molecule has 0 saturated carbocycles. The smallest absolute Gasteiger partial charge is 0.329 e. The number of benzene rings is 2. The van der Waals surface area contributed by atoms with E-state index in [2.05, 4.69) is 15.5 Å². The molecule has 4 amide bonds. The number of carbonyl (C=O) groups excluding carboxylic acids is 3. The predicted molar refractivity (Wildman–Crippen MR) is 124 cm³/mol. The highest BCUT2D eigenvalue weighted by atomic mass is 16.5. The Morgan fingerprint density at radius 1 is 1.18 bits per heavy atom. The molecule has 0 aliphatic carbocycles. The van der Waals surface area contributed by atoms with Gasteiger partial charge in [-0.2, -0.15) is 0 Å². The minimum absolute atomic E-state index is 0.0841. The number of ether oxygens (including phenoxy) is 2. The van der Waals surface area contributed by atoms with Crippen LogP contribution in [0.4, 0.5) is 16.2 Å². The van der Waals surface area contributed by atoms with Gasteiger partial charge in [0.1, 0.15) is 18.0 Å². The molecule has 0 spiro atoms. The Morgan fingerprint density at radius 3 is 2.70 bits per heavy atom. The van der Waals surface area contributed by atoms with Crippen molar-refractivity contribution in [2.75, 3.05) is 50.2 Å². The van der Waals surface area contributed by atoms with Crippen LogP contribution in [0, 0.1) is 6.92 Å². The van der Waals surface area contributed by atoms with Crippen LogP contribution in [0.3, 0.4) is 0 Å². The van der Waals surface area contributed by atoms with E-state index in [1.807, 2.05) is 43.3 Å². The van der Waals surface area contributed by atoms with Gasteiger partial charge in [0, 0.05) is 36.1 Å². The molecule has 2 fully saturated rings. The molecule has 4 rings (SSSR count). The molecule has 2 aliphatic rings. The van der Waals surface area contributed by atoms with Gasteiger partial charge in [0.05, 0.1) is 20.3 Å². The maximum atomic E-state index is 12.8. The van der Waals surface area contributed by atoms with Crippen molar-refractivity contribution in [3.05, 3.63) is 59.3 Å². The van der Waals surface area contributed by atoms with E-state index >= 15 is 0 Å². The van der Waals surface area contributed by atoms with Crippen molar-refractivity contribution in [2.45, 2.75) is 6.92 Å². The fourth-order valence-electron chi connectivity index (χ4n) is 3.77. The van der Waals surface area contributed by atoms with Crippen LogP contribution in [0.15, 0.2) is 48.2 Å². The Bertz CT molecular complexity index is 1110. The number of hydrogen-bond acceptors (Lipinski definition) is 6. The van der Waals surface area contributed by atoms with Crippen molar-refractivity contribution in [3.63, 3.8) is 0 Å². The highest BCUT2D eigenvalue weighted by Crippen LogP contribution is 2.28. The molecule has 2 aromatic carbocycles. The average Bonchev–Trinajstić information content (AvgIpc) is 3.07. The number of methoxy groups -OCH3 is 1. The normalized spacial score (nSPS) is 17.3. The van der Waals surface area contributed by atoms with Crippen LogP contribution < -0.4 is 20.3 Å². The van der Waals surface area contributed by atoms with E-state index in [9.17, 15) is 14.4 Å². The van der Waals surface area contributed by atoms with E-state index in [0.717, 1.165) is 29.2 Å². The first-order chi connectivity index (χ1) is 15.9. The summed E-state index contributed by atoms with van der Waals surface area (Å²) in [6, 6.07) is 12.3. The third-order valence-electron chi connectivity index (χ3n) is 5.46. The fraction of sp³-hybridized carbons (Fsp3) is 0.292. The second-order valence-corrected chi connectivity index (χ2v) is 7.82. The number of anilines is 2. The number of rotatable bonds is 6. The molecule has 0 unspecified atom stereocenters. The van der Waals surface area contributed by atoms with Gasteiger partial charge < -0.3 is 25.0 Å². The number of imide groups is 1. The fourth-order valence-corrected chi connectivity index (χ4v) is 3.77. The summed E-state index contributed by atoms with van der Waals surface area (Å²) in [5, 5.41) is 5.25. The Labute approximate surface area is 191 Å². The number of nitrogens with zero attached hydrogens (tertiary/aromatic N) is 2. The summed E-state index contributed by atoms with van der Waals surface area (Å²) in [6.07, 6.45) is 1.56. The van der Waals surface area contributed by atoms with Crippen LogP contribution in [-0.4, -0.2) is 62.7 Å². The molecule has 9 heteroatoms. The third-order valence-corrected chi connectivity index (χ3v) is 5.46. The summed E-state index contributed by atoms with van der Waals surface area (Å²) < 4.78 is 10.9. The summed E-state index contributed by atoms with van der Waals surface area (Å²) in [5.74, 6) is -0.458. The van der Waals surface area contributed by atoms with Crippen molar-refractivity contribution in [3.8, 4) is 5.75 Å². The van der Waals surface area contributed by atoms with Gasteiger partial charge >= 0.3 is 6.03 Å². The zero-order chi connectivity index (χ0) is 23.4. The molecule has 172 valence electrons. The molecule has 9 nitrogen and oxygen atoms in total. The van der Waals surface area contributed by atoms with Crippen molar-refractivity contribution < 1.29 is 23.9 Å². The molecule has 33 heavy (non-hydrogen) atoms. The van der Waals surface area contributed by atoms with Gasteiger partial charge in [0.15, 0.2) is 0 Å². The zero-order valence-electron chi connectivity index (χ0n) is 18.6. The number of aryl methyl sites for hydroxylation is 1. The summed E-state index contributed by atoms with van der Waals surface area (Å²) in [4.78, 5) is 40.6. The van der Waals surface area contributed by atoms with Crippen molar-refractivity contribution in [1.82, 2.24) is 10.2 Å². The van der Waals surface area contributed by atoms with Gasteiger partial charge in [-0.1, -0.05) is 12.1 Å². The van der Waals surface area contributed by atoms with E-state index in [-0.39, 0.29) is 12.2 Å². The van der Waals surface area contributed by atoms with Gasteiger partial charge in [-0.15, -0.1) is 0 Å². The summed E-state index contributed by atoms with van der Waals surface area (Å²) in [6.45, 7) is 4.44. The van der Waals surface area contributed by atoms with Crippen LogP contribution in [-0.2, 0) is 14.3 Å². The van der Waals surface area contributed by atoms with Gasteiger partial charge in [-0.3, -0.25) is 9.59 Å². The summed E-state index contributed by atoms with van der Waals surface area (Å²) >= 11 is 0. The minimum Gasteiger partial charge on any atom is -0.496 e. The second-order valence-electron chi connectivity index (χ2n) is 7.82. The molecule has 2 heterocycles. The molecule has 0 bridgehead atoms. The predicted octanol–water partition coefficient (Wildman–Crippen LogP) is 2.37. The largest absolute Gasteiger partial charge is 0.496 e. The topological polar surface area (TPSA) is 100 Å². The number of carbonyl (C=O) groups is 3. The van der Waals surface area contributed by atoms with Crippen molar-refractivity contribution in [1.29, 1.82) is 0 Å². The van der Waals surface area contributed by atoms with Gasteiger partial charge in [0.2, 0.25) is 5.91 Å². The van der Waals surface area contributed by atoms with Crippen LogP contribution in [0.2, 0.25) is 0 Å². The van der Waals surface area contributed by atoms with Crippen molar-refractivity contribution in [2.24, 2.45) is 0 Å². The molecule has 2 aromatic rings. The summed E-state index contributed by atoms with van der Waals surface area (Å²) in [5.41, 5.74) is 3.31. The number of nitrogens with one attached hydrogen (secondary N) is 2. The maximum absolute atomic E-state index is 12.8. The lowest BCUT2D eigenvalue weighted by Crippen LogP contribution is -2.38. The van der Waals surface area contributed by atoms with Crippen LogP contribution in [0.25, 0.3) is 6.08 Å². The lowest BCUT2D eigenvalue weighted by Gasteiger charge is -2.29. The molecule has 2 saturated heterocycles. The lowest BCUT2D eigenvalue weighted by molar-refractivity contribution is -0.127. The molecular weight excluding hydrogens is 424 g/mol. The monoisotopic (exact) mass is 450 g/mol. The Morgan fingerprint density at radius 2 is 1.97 bits per heavy atom. The highest BCUT2D eigenvalue weighted by molar-refractivity contribution is 6.16. The van der Waals surface area contributed by atoms with Crippen molar-refractivity contribution >= 4 is 35.3 Å². The van der Waals surface area contributed by atoms with Gasteiger partial charge in [-0.05, 0) is 42.8 Å². The molecule has 0 radical (unpaired) electrons. The van der Waals surface area contributed by atoms with E-state index in [1.54, 1.807) is 19.3 Å². The second kappa shape index (κ2) is 9.74. The molecule has 2 aliphatic heterocycles. The molecule has 2 N–H and O–H groups in total. The van der Waals surface area contributed by atoms with Crippen LogP contribution >= 0.6 is 0 Å². The highest BCUT2D eigenvalue weighted by Gasteiger charge is 2.35. The van der Waals surface area contributed by atoms with E-state index in [4.69, 9.17) is 9.47 Å². The standard InChI is InChI=1S/C24H26N4O5/c1-16-4-3-5-18(12-16)25-22(29)15-28-23(30)20(26-24(28)31)13-17-6-7-19(14-21(17)32-2)27-8-10-33-11-9-27/h3-7,12-14H,8-11,15H2,1-2H3,(H,25,29)(H,26,31)/b20-13-.